The molecule has 0 unspecified atom stereocenters. The van der Waals surface area contributed by atoms with E-state index in [-0.39, 0.29) is 19.5 Å². The Balaban J connectivity index is 2.03. The van der Waals surface area contributed by atoms with Crippen LogP contribution in [0.2, 0.25) is 0 Å². The van der Waals surface area contributed by atoms with Crippen molar-refractivity contribution in [1.29, 1.82) is 0 Å². The van der Waals surface area contributed by atoms with Crippen molar-refractivity contribution in [2.24, 2.45) is 0 Å². The number of nitrogens with zero attached hydrogens (tertiary/aromatic N) is 1. The van der Waals surface area contributed by atoms with Crippen LogP contribution < -0.4 is 10.6 Å². The molecule has 1 aromatic carbocycles. The molecule has 0 bridgehead atoms. The maximum Gasteiger partial charge on any atom is 0.495 e. The molecule has 0 radical (unpaired) electrons. The number of benzene rings is 1. The summed E-state index contributed by atoms with van der Waals surface area (Å²) in [7, 11) is -0.817. The SMILES string of the molecule is CC1(C)OB(c2ccc(C(F)(F)F)cc2C2=CCN(C(=O)[O-])CC2)OC1(C)C. The molecule has 3 rings (SSSR count). The molecule has 1 aromatic rings. The van der Waals surface area contributed by atoms with Crippen LogP contribution in [0.1, 0.15) is 45.2 Å². The summed E-state index contributed by atoms with van der Waals surface area (Å²) in [6.45, 7) is 7.70. The Morgan fingerprint density at radius 1 is 1.18 bits per heavy atom. The van der Waals surface area contributed by atoms with E-state index < -0.39 is 36.2 Å². The van der Waals surface area contributed by atoms with E-state index in [1.165, 1.54) is 6.07 Å². The molecule has 0 aliphatic carbocycles. The Kier molecular flexibility index (Phi) is 5.04. The van der Waals surface area contributed by atoms with Gasteiger partial charge in [-0.05, 0) is 56.8 Å². The van der Waals surface area contributed by atoms with E-state index in [0.717, 1.165) is 17.0 Å². The lowest BCUT2D eigenvalue weighted by Crippen LogP contribution is -2.43. The molecule has 1 fully saturated rings. The largest absolute Gasteiger partial charge is 0.530 e. The maximum atomic E-state index is 13.3. The third kappa shape index (κ3) is 3.78. The Labute approximate surface area is 162 Å². The highest BCUT2D eigenvalue weighted by molar-refractivity contribution is 6.63. The van der Waals surface area contributed by atoms with Crippen molar-refractivity contribution in [1.82, 2.24) is 4.90 Å². The summed E-state index contributed by atoms with van der Waals surface area (Å²) in [5, 5.41) is 11.0. The van der Waals surface area contributed by atoms with Gasteiger partial charge in [0.1, 0.15) is 6.09 Å². The fourth-order valence-corrected chi connectivity index (χ4v) is 3.27. The summed E-state index contributed by atoms with van der Waals surface area (Å²) in [6.07, 6.45) is -3.90. The Morgan fingerprint density at radius 3 is 2.25 bits per heavy atom. The zero-order valence-electron chi connectivity index (χ0n) is 16.2. The minimum absolute atomic E-state index is 0.0662. The first-order chi connectivity index (χ1) is 12.8. The average Bonchev–Trinajstić information content (AvgIpc) is 2.81. The average molecular weight is 396 g/mol. The van der Waals surface area contributed by atoms with Crippen LogP contribution in [0.25, 0.3) is 5.57 Å². The highest BCUT2D eigenvalue weighted by atomic mass is 19.4. The molecule has 0 aromatic heterocycles. The van der Waals surface area contributed by atoms with Gasteiger partial charge in [-0.1, -0.05) is 18.2 Å². The van der Waals surface area contributed by atoms with Crippen LogP contribution >= 0.6 is 0 Å². The van der Waals surface area contributed by atoms with Gasteiger partial charge in [-0.15, -0.1) is 0 Å². The number of halogens is 3. The number of rotatable bonds is 2. The lowest BCUT2D eigenvalue weighted by Gasteiger charge is -2.32. The molecule has 1 amide bonds. The lowest BCUT2D eigenvalue weighted by molar-refractivity contribution is -0.265. The summed E-state index contributed by atoms with van der Waals surface area (Å²) in [6, 6.07) is 3.48. The van der Waals surface area contributed by atoms with E-state index in [1.807, 2.05) is 27.7 Å². The van der Waals surface area contributed by atoms with Crippen molar-refractivity contribution in [3.8, 4) is 0 Å². The maximum absolute atomic E-state index is 13.3. The van der Waals surface area contributed by atoms with E-state index in [0.29, 0.717) is 16.6 Å². The van der Waals surface area contributed by atoms with Crippen molar-refractivity contribution < 1.29 is 32.4 Å². The molecular weight excluding hydrogens is 374 g/mol. The topological polar surface area (TPSA) is 61.8 Å². The third-order valence-electron chi connectivity index (χ3n) is 5.70. The molecule has 2 aliphatic heterocycles. The number of alkyl halides is 3. The highest BCUT2D eigenvalue weighted by Gasteiger charge is 2.52. The van der Waals surface area contributed by atoms with Gasteiger partial charge in [0.15, 0.2) is 0 Å². The van der Waals surface area contributed by atoms with Crippen molar-refractivity contribution in [3.05, 3.63) is 35.4 Å². The Bertz CT molecular complexity index is 804. The zero-order chi connectivity index (χ0) is 20.9. The number of carboxylic acid groups (broad SMARTS) is 1. The molecule has 2 aliphatic rings. The first kappa shape index (κ1) is 20.7. The number of carbonyl (C=O) groups is 1. The lowest BCUT2D eigenvalue weighted by atomic mass is 9.73. The highest BCUT2D eigenvalue weighted by Crippen LogP contribution is 2.38. The normalized spacial score (nSPS) is 21.6. The van der Waals surface area contributed by atoms with Gasteiger partial charge in [-0.3, -0.25) is 0 Å². The molecule has 5 nitrogen and oxygen atoms in total. The fourth-order valence-electron chi connectivity index (χ4n) is 3.27. The molecule has 0 spiro atoms. The van der Waals surface area contributed by atoms with Crippen LogP contribution in [-0.2, 0) is 15.5 Å². The molecule has 28 heavy (non-hydrogen) atoms. The molecular formula is C19H22BF3NO4-. The molecule has 152 valence electrons. The van der Waals surface area contributed by atoms with Crippen LogP contribution in [-0.4, -0.2) is 42.4 Å². The predicted molar refractivity (Wildman–Crippen MR) is 96.7 cm³/mol. The predicted octanol–water partition coefficient (Wildman–Crippen LogP) is 2.44. The monoisotopic (exact) mass is 396 g/mol. The van der Waals surface area contributed by atoms with Gasteiger partial charge in [0, 0.05) is 13.1 Å². The van der Waals surface area contributed by atoms with Crippen LogP contribution in [0.4, 0.5) is 18.0 Å². The molecule has 1 saturated heterocycles. The van der Waals surface area contributed by atoms with Crippen LogP contribution in [0.5, 0.6) is 0 Å². The van der Waals surface area contributed by atoms with Crippen molar-refractivity contribution in [3.63, 3.8) is 0 Å². The number of carbonyl (C=O) groups excluding carboxylic acids is 1. The first-order valence-corrected chi connectivity index (χ1v) is 9.04. The number of hydrogen-bond acceptors (Lipinski definition) is 4. The fraction of sp³-hybridized carbons (Fsp3) is 0.526. The van der Waals surface area contributed by atoms with Gasteiger partial charge in [0.2, 0.25) is 0 Å². The van der Waals surface area contributed by atoms with Crippen LogP contribution in [0, 0.1) is 0 Å². The van der Waals surface area contributed by atoms with Gasteiger partial charge >= 0.3 is 13.3 Å². The first-order valence-electron chi connectivity index (χ1n) is 9.04. The molecule has 0 saturated carbocycles. The summed E-state index contributed by atoms with van der Waals surface area (Å²) >= 11 is 0. The second-order valence-corrected chi connectivity index (χ2v) is 8.08. The van der Waals surface area contributed by atoms with Gasteiger partial charge in [0.25, 0.3) is 0 Å². The summed E-state index contributed by atoms with van der Waals surface area (Å²) in [5.74, 6) is 0. The van der Waals surface area contributed by atoms with Gasteiger partial charge in [-0.2, -0.15) is 13.2 Å². The summed E-state index contributed by atoms with van der Waals surface area (Å²) in [4.78, 5) is 12.1. The summed E-state index contributed by atoms with van der Waals surface area (Å²) in [5.41, 5.74) is -0.542. The second kappa shape index (κ2) is 6.81. The van der Waals surface area contributed by atoms with Crippen molar-refractivity contribution in [2.45, 2.75) is 51.5 Å². The molecule has 2 heterocycles. The molecule has 0 atom stereocenters. The Morgan fingerprint density at radius 2 is 1.79 bits per heavy atom. The molecule has 0 N–H and O–H groups in total. The minimum atomic E-state index is -4.49. The standard InChI is InChI=1S/C19H23BF3NO4/c1-17(2)18(3,4)28-20(27-17)15-6-5-13(19(21,22)23)11-14(15)12-7-9-24(10-8-12)16(25)26/h5-7,11H,8-10H2,1-4H3,(H,25,26)/p-1. The van der Waals surface area contributed by atoms with E-state index >= 15 is 0 Å². The van der Waals surface area contributed by atoms with Gasteiger partial charge in [0.05, 0.1) is 16.8 Å². The van der Waals surface area contributed by atoms with Gasteiger partial charge in [-0.25, -0.2) is 0 Å². The number of amides is 1. The van der Waals surface area contributed by atoms with E-state index in [9.17, 15) is 23.1 Å². The van der Waals surface area contributed by atoms with Crippen molar-refractivity contribution >= 4 is 24.2 Å². The Hall–Kier alpha value is -2.00. The van der Waals surface area contributed by atoms with Crippen LogP contribution in [0.15, 0.2) is 24.3 Å². The van der Waals surface area contributed by atoms with E-state index in [2.05, 4.69) is 0 Å². The van der Waals surface area contributed by atoms with Gasteiger partial charge < -0.3 is 24.1 Å². The number of hydrogen-bond donors (Lipinski definition) is 0. The smallest absolute Gasteiger partial charge is 0.495 e. The van der Waals surface area contributed by atoms with Crippen molar-refractivity contribution in [2.75, 3.05) is 13.1 Å². The van der Waals surface area contributed by atoms with E-state index in [1.54, 1.807) is 6.08 Å². The van der Waals surface area contributed by atoms with E-state index in [4.69, 9.17) is 9.31 Å². The quantitative estimate of drug-likeness (QED) is 0.721. The minimum Gasteiger partial charge on any atom is -0.530 e. The second-order valence-electron chi connectivity index (χ2n) is 8.08. The third-order valence-corrected chi connectivity index (χ3v) is 5.70. The zero-order valence-corrected chi connectivity index (χ0v) is 16.2. The molecule has 9 heteroatoms. The van der Waals surface area contributed by atoms with Crippen LogP contribution in [0.3, 0.4) is 0 Å². The summed E-state index contributed by atoms with van der Waals surface area (Å²) < 4.78 is 51.9.